The summed E-state index contributed by atoms with van der Waals surface area (Å²) in [6.45, 7) is 1.05. The number of rotatable bonds is 3. The molecule has 0 fully saturated rings. The van der Waals surface area contributed by atoms with E-state index in [0.717, 1.165) is 0 Å². The summed E-state index contributed by atoms with van der Waals surface area (Å²) in [7, 11) is 1.59. The first-order chi connectivity index (χ1) is 5.75. The third-order valence-corrected chi connectivity index (χ3v) is 1.80. The number of hydrogen-bond acceptors (Lipinski definition) is 2. The van der Waals surface area contributed by atoms with E-state index in [1.54, 1.807) is 25.4 Å². The van der Waals surface area contributed by atoms with Crippen LogP contribution < -0.4 is 5.56 Å². The summed E-state index contributed by atoms with van der Waals surface area (Å²) in [5.74, 6) is 0. The molecule has 0 radical (unpaired) electrons. The van der Waals surface area contributed by atoms with Gasteiger partial charge in [0.25, 0.3) is 5.56 Å². The third kappa shape index (κ3) is 2.09. The van der Waals surface area contributed by atoms with Crippen molar-refractivity contribution >= 4 is 11.6 Å². The molecule has 0 bridgehead atoms. The Kier molecular flexibility index (Phi) is 3.31. The van der Waals surface area contributed by atoms with Gasteiger partial charge in [-0.2, -0.15) is 0 Å². The van der Waals surface area contributed by atoms with Crippen LogP contribution in [-0.4, -0.2) is 18.3 Å². The minimum absolute atomic E-state index is 0.170. The molecule has 0 unspecified atom stereocenters. The van der Waals surface area contributed by atoms with Crippen molar-refractivity contribution in [3.8, 4) is 0 Å². The van der Waals surface area contributed by atoms with Crippen LogP contribution in [0.5, 0.6) is 0 Å². The number of nitrogens with zero attached hydrogens (tertiary/aromatic N) is 1. The van der Waals surface area contributed by atoms with E-state index in [1.165, 1.54) is 4.57 Å². The van der Waals surface area contributed by atoms with Crippen LogP contribution in [0.15, 0.2) is 23.1 Å². The summed E-state index contributed by atoms with van der Waals surface area (Å²) in [5.41, 5.74) is -0.170. The molecule has 1 aromatic heterocycles. The molecule has 0 spiro atoms. The molecule has 0 amide bonds. The minimum atomic E-state index is -0.170. The number of pyridine rings is 1. The normalized spacial score (nSPS) is 10.2. The Hall–Kier alpha value is -0.800. The smallest absolute Gasteiger partial charge is 0.269 e. The van der Waals surface area contributed by atoms with Gasteiger partial charge < -0.3 is 9.30 Å². The fourth-order valence-corrected chi connectivity index (χ4v) is 1.05. The number of halogens is 1. The summed E-state index contributed by atoms with van der Waals surface area (Å²) in [6.07, 6.45) is 1.69. The fraction of sp³-hybridized carbons (Fsp3) is 0.375. The molecular weight excluding hydrogens is 178 g/mol. The van der Waals surface area contributed by atoms with Gasteiger partial charge in [0.15, 0.2) is 0 Å². The second-order valence-electron chi connectivity index (χ2n) is 2.35. The van der Waals surface area contributed by atoms with Crippen molar-refractivity contribution in [3.63, 3.8) is 0 Å². The van der Waals surface area contributed by atoms with Gasteiger partial charge in [-0.05, 0) is 12.1 Å². The lowest BCUT2D eigenvalue weighted by Crippen LogP contribution is -2.21. The molecule has 0 saturated heterocycles. The zero-order chi connectivity index (χ0) is 8.97. The van der Waals surface area contributed by atoms with Crippen LogP contribution in [0.3, 0.4) is 0 Å². The summed E-state index contributed by atoms with van der Waals surface area (Å²) in [6, 6.07) is 3.31. The van der Waals surface area contributed by atoms with E-state index in [4.69, 9.17) is 16.3 Å². The topological polar surface area (TPSA) is 31.2 Å². The second-order valence-corrected chi connectivity index (χ2v) is 2.75. The highest BCUT2D eigenvalue weighted by molar-refractivity contribution is 6.30. The first-order valence-electron chi connectivity index (χ1n) is 3.59. The van der Waals surface area contributed by atoms with Crippen LogP contribution in [0, 0.1) is 0 Å². The van der Waals surface area contributed by atoms with Crippen LogP contribution in [-0.2, 0) is 11.3 Å². The highest BCUT2D eigenvalue weighted by Gasteiger charge is 1.98. The zero-order valence-electron chi connectivity index (χ0n) is 6.79. The number of aromatic nitrogens is 1. The quantitative estimate of drug-likeness (QED) is 0.711. The van der Waals surface area contributed by atoms with Gasteiger partial charge in [0, 0.05) is 19.9 Å². The lowest BCUT2D eigenvalue weighted by Gasteiger charge is -2.03. The Morgan fingerprint density at radius 3 is 3.08 bits per heavy atom. The molecule has 1 heterocycles. The Morgan fingerprint density at radius 1 is 1.67 bits per heavy atom. The van der Waals surface area contributed by atoms with Gasteiger partial charge in [0.1, 0.15) is 5.02 Å². The monoisotopic (exact) mass is 187 g/mol. The van der Waals surface area contributed by atoms with Crippen molar-refractivity contribution in [2.24, 2.45) is 0 Å². The first kappa shape index (κ1) is 9.29. The van der Waals surface area contributed by atoms with Crippen molar-refractivity contribution in [3.05, 3.63) is 33.7 Å². The van der Waals surface area contributed by atoms with Gasteiger partial charge in [-0.15, -0.1) is 0 Å². The second kappa shape index (κ2) is 4.28. The molecule has 4 heteroatoms. The molecule has 12 heavy (non-hydrogen) atoms. The van der Waals surface area contributed by atoms with Crippen LogP contribution in [0.25, 0.3) is 0 Å². The van der Waals surface area contributed by atoms with E-state index in [9.17, 15) is 4.79 Å². The Morgan fingerprint density at radius 2 is 2.42 bits per heavy atom. The van der Waals surface area contributed by atoms with E-state index < -0.39 is 0 Å². The molecular formula is C8H10ClNO2. The zero-order valence-corrected chi connectivity index (χ0v) is 7.54. The average Bonchev–Trinajstić information content (AvgIpc) is 2.08. The molecule has 0 aromatic carbocycles. The number of ether oxygens (including phenoxy) is 1. The maximum atomic E-state index is 11.3. The van der Waals surface area contributed by atoms with E-state index in [-0.39, 0.29) is 10.6 Å². The van der Waals surface area contributed by atoms with Gasteiger partial charge in [-0.25, -0.2) is 0 Å². The van der Waals surface area contributed by atoms with Crippen molar-refractivity contribution in [2.75, 3.05) is 13.7 Å². The largest absolute Gasteiger partial charge is 0.383 e. The Bertz CT molecular complexity index is 308. The highest BCUT2D eigenvalue weighted by Crippen LogP contribution is 1.98. The Balaban J connectivity index is 2.85. The molecule has 1 aromatic rings. The molecule has 0 aliphatic carbocycles. The predicted octanol–water partition coefficient (Wildman–Crippen LogP) is 1.15. The van der Waals surface area contributed by atoms with Gasteiger partial charge in [0.2, 0.25) is 0 Å². The van der Waals surface area contributed by atoms with Gasteiger partial charge >= 0.3 is 0 Å². The molecule has 1 rings (SSSR count). The van der Waals surface area contributed by atoms with Crippen molar-refractivity contribution in [1.82, 2.24) is 4.57 Å². The minimum Gasteiger partial charge on any atom is -0.383 e. The van der Waals surface area contributed by atoms with Gasteiger partial charge in [0.05, 0.1) is 6.61 Å². The van der Waals surface area contributed by atoms with Crippen LogP contribution >= 0.6 is 11.6 Å². The van der Waals surface area contributed by atoms with Gasteiger partial charge in [-0.1, -0.05) is 11.6 Å². The number of methoxy groups -OCH3 is 1. The van der Waals surface area contributed by atoms with Crippen molar-refractivity contribution < 1.29 is 4.74 Å². The molecule has 0 atom stereocenters. The van der Waals surface area contributed by atoms with Crippen LogP contribution in [0.2, 0.25) is 5.02 Å². The van der Waals surface area contributed by atoms with Crippen molar-refractivity contribution in [2.45, 2.75) is 6.54 Å². The molecule has 3 nitrogen and oxygen atoms in total. The fourth-order valence-electron chi connectivity index (χ4n) is 0.873. The first-order valence-corrected chi connectivity index (χ1v) is 3.97. The van der Waals surface area contributed by atoms with Crippen LogP contribution in [0.4, 0.5) is 0 Å². The molecule has 0 N–H and O–H groups in total. The average molecular weight is 188 g/mol. The third-order valence-electron chi connectivity index (χ3n) is 1.51. The molecule has 66 valence electrons. The summed E-state index contributed by atoms with van der Waals surface area (Å²) >= 11 is 5.62. The molecule has 0 aliphatic heterocycles. The Labute approximate surface area is 75.5 Å². The van der Waals surface area contributed by atoms with Gasteiger partial charge in [-0.3, -0.25) is 4.79 Å². The predicted molar refractivity (Wildman–Crippen MR) is 47.6 cm³/mol. The maximum Gasteiger partial charge on any atom is 0.269 e. The maximum absolute atomic E-state index is 11.3. The molecule has 0 aliphatic rings. The van der Waals surface area contributed by atoms with E-state index in [2.05, 4.69) is 0 Å². The summed E-state index contributed by atoms with van der Waals surface area (Å²) in [5, 5.41) is 0.244. The number of hydrogen-bond donors (Lipinski definition) is 0. The highest BCUT2D eigenvalue weighted by atomic mass is 35.5. The van der Waals surface area contributed by atoms with Crippen LogP contribution in [0.1, 0.15) is 0 Å². The summed E-state index contributed by atoms with van der Waals surface area (Å²) < 4.78 is 6.36. The lowest BCUT2D eigenvalue weighted by atomic mass is 10.4. The lowest BCUT2D eigenvalue weighted by molar-refractivity contribution is 0.186. The van der Waals surface area contributed by atoms with E-state index >= 15 is 0 Å². The SMILES string of the molecule is COCCn1cccc(Cl)c1=O. The van der Waals surface area contributed by atoms with E-state index in [0.29, 0.717) is 13.2 Å². The standard InChI is InChI=1S/C8H10ClNO2/c1-12-6-5-10-4-2-3-7(9)8(10)11/h2-4H,5-6H2,1H3. The molecule has 0 saturated carbocycles. The summed E-state index contributed by atoms with van der Waals surface area (Å²) in [4.78, 5) is 11.3. The van der Waals surface area contributed by atoms with E-state index in [1.807, 2.05) is 0 Å². The van der Waals surface area contributed by atoms with Crippen molar-refractivity contribution in [1.29, 1.82) is 0 Å².